The van der Waals surface area contributed by atoms with E-state index in [1.807, 2.05) is 43.0 Å². The lowest BCUT2D eigenvalue weighted by Gasteiger charge is -2.40. The monoisotopic (exact) mass is 540 g/mol. The highest BCUT2D eigenvalue weighted by atomic mass is 35.5. The summed E-state index contributed by atoms with van der Waals surface area (Å²) >= 11 is 6.12. The van der Waals surface area contributed by atoms with Crippen molar-refractivity contribution in [1.29, 1.82) is 0 Å². The fourth-order valence-electron chi connectivity index (χ4n) is 5.57. The van der Waals surface area contributed by atoms with E-state index in [9.17, 15) is 9.59 Å². The first-order chi connectivity index (χ1) is 18.1. The minimum absolute atomic E-state index is 0.0224. The number of aryl methyl sites for hydroxylation is 1. The molecule has 0 aromatic heterocycles. The van der Waals surface area contributed by atoms with Gasteiger partial charge in [0, 0.05) is 55.4 Å². The number of nitrogens with zero attached hydrogens (tertiary/aromatic N) is 3. The number of ether oxygens (including phenoxy) is 1. The van der Waals surface area contributed by atoms with Crippen LogP contribution in [0.5, 0.6) is 0 Å². The molecule has 0 spiro atoms. The van der Waals surface area contributed by atoms with Crippen molar-refractivity contribution in [2.75, 3.05) is 37.6 Å². The van der Waals surface area contributed by atoms with E-state index in [4.69, 9.17) is 22.1 Å². The van der Waals surface area contributed by atoms with Crippen molar-refractivity contribution < 1.29 is 14.3 Å². The number of hydrogen-bond donors (Lipinski definition) is 1. The Hall–Kier alpha value is -2.77. The number of piperazine rings is 1. The number of anilines is 1. The van der Waals surface area contributed by atoms with Gasteiger partial charge in [0.15, 0.2) is 0 Å². The molecule has 0 saturated carbocycles. The van der Waals surface area contributed by atoms with Gasteiger partial charge in [0.05, 0.1) is 6.10 Å². The molecule has 0 unspecified atom stereocenters. The molecular formula is C30H41ClN4O3. The van der Waals surface area contributed by atoms with Crippen LogP contribution < -0.4 is 10.6 Å². The van der Waals surface area contributed by atoms with Gasteiger partial charge in [-0.3, -0.25) is 9.69 Å². The predicted molar refractivity (Wildman–Crippen MR) is 153 cm³/mol. The summed E-state index contributed by atoms with van der Waals surface area (Å²) in [6.07, 6.45) is 0.0167. The third-order valence-corrected chi connectivity index (χ3v) is 7.96. The number of amides is 2. The standard InChI is InChI=1S/C30H41ClN4O3/c1-19(2)27(32)25-18-21(5)6-11-26(25)33-14-16-34(17-15-33)29(36)28-24(22-7-9-23(31)10-8-22)12-13-35(28)30(37)38-20(3)4/h6-11,18-20,24,27-28H,12-17,32H2,1-5H3/t24-,27+,28-/m1/s1. The molecule has 3 atom stereocenters. The lowest BCUT2D eigenvalue weighted by Crippen LogP contribution is -2.55. The molecule has 2 fully saturated rings. The maximum Gasteiger partial charge on any atom is 0.410 e. The van der Waals surface area contributed by atoms with Crippen molar-refractivity contribution in [3.8, 4) is 0 Å². The molecule has 2 aliphatic rings. The topological polar surface area (TPSA) is 79.1 Å². The number of carbonyl (C=O) groups is 2. The Kier molecular flexibility index (Phi) is 8.89. The summed E-state index contributed by atoms with van der Waals surface area (Å²) in [5, 5.41) is 0.648. The molecule has 38 heavy (non-hydrogen) atoms. The highest BCUT2D eigenvalue weighted by molar-refractivity contribution is 6.30. The van der Waals surface area contributed by atoms with Crippen LogP contribution in [0.25, 0.3) is 0 Å². The van der Waals surface area contributed by atoms with E-state index < -0.39 is 12.1 Å². The molecule has 2 aromatic rings. The second-order valence-corrected chi connectivity index (χ2v) is 11.6. The molecule has 4 rings (SSSR count). The van der Waals surface area contributed by atoms with Gasteiger partial charge >= 0.3 is 6.09 Å². The first kappa shape index (κ1) is 28.2. The summed E-state index contributed by atoms with van der Waals surface area (Å²) < 4.78 is 5.52. The second kappa shape index (κ2) is 12.0. The zero-order valence-corrected chi connectivity index (χ0v) is 23.9. The molecule has 7 nitrogen and oxygen atoms in total. The summed E-state index contributed by atoms with van der Waals surface area (Å²) in [6.45, 7) is 13.1. The van der Waals surface area contributed by atoms with Gasteiger partial charge in [0.25, 0.3) is 0 Å². The minimum atomic E-state index is -0.599. The van der Waals surface area contributed by atoms with Crippen LogP contribution in [0.3, 0.4) is 0 Å². The zero-order chi connectivity index (χ0) is 27.6. The van der Waals surface area contributed by atoms with E-state index in [2.05, 4.69) is 43.9 Å². The van der Waals surface area contributed by atoms with Gasteiger partial charge < -0.3 is 20.3 Å². The summed E-state index contributed by atoms with van der Waals surface area (Å²) in [7, 11) is 0. The smallest absolute Gasteiger partial charge is 0.410 e. The summed E-state index contributed by atoms with van der Waals surface area (Å²) in [5.41, 5.74) is 11.1. The molecule has 0 bridgehead atoms. The number of likely N-dealkylation sites (tertiary alicyclic amines) is 1. The fourth-order valence-corrected chi connectivity index (χ4v) is 5.70. The average molecular weight is 541 g/mol. The van der Waals surface area contributed by atoms with Crippen LogP contribution in [0.15, 0.2) is 42.5 Å². The Morgan fingerprint density at radius 1 is 0.974 bits per heavy atom. The number of benzene rings is 2. The maximum atomic E-state index is 14.0. The van der Waals surface area contributed by atoms with E-state index in [1.54, 1.807) is 4.90 Å². The highest BCUT2D eigenvalue weighted by Gasteiger charge is 2.45. The lowest BCUT2D eigenvalue weighted by molar-refractivity contribution is -0.136. The number of halogens is 1. The van der Waals surface area contributed by atoms with Gasteiger partial charge in [-0.15, -0.1) is 0 Å². The summed E-state index contributed by atoms with van der Waals surface area (Å²) in [4.78, 5) is 32.9. The summed E-state index contributed by atoms with van der Waals surface area (Å²) in [5.74, 6) is 0.193. The van der Waals surface area contributed by atoms with Crippen molar-refractivity contribution in [1.82, 2.24) is 9.80 Å². The van der Waals surface area contributed by atoms with Gasteiger partial charge in [-0.05, 0) is 62.4 Å². The van der Waals surface area contributed by atoms with Gasteiger partial charge in [0.1, 0.15) is 6.04 Å². The van der Waals surface area contributed by atoms with E-state index in [-0.39, 0.29) is 24.0 Å². The van der Waals surface area contributed by atoms with Crippen LogP contribution in [-0.2, 0) is 9.53 Å². The number of carbonyl (C=O) groups excluding carboxylic acids is 2. The molecule has 8 heteroatoms. The molecule has 2 heterocycles. The third-order valence-electron chi connectivity index (χ3n) is 7.71. The van der Waals surface area contributed by atoms with E-state index >= 15 is 0 Å². The Bertz CT molecular complexity index is 1130. The van der Waals surface area contributed by atoms with Gasteiger partial charge in [-0.2, -0.15) is 0 Å². The third kappa shape index (κ3) is 6.10. The zero-order valence-electron chi connectivity index (χ0n) is 23.2. The van der Waals surface area contributed by atoms with Crippen LogP contribution >= 0.6 is 11.6 Å². The summed E-state index contributed by atoms with van der Waals surface area (Å²) in [6, 6.07) is 13.4. The highest BCUT2D eigenvalue weighted by Crippen LogP contribution is 2.37. The van der Waals surface area contributed by atoms with Crippen LogP contribution in [0.1, 0.15) is 62.8 Å². The van der Waals surface area contributed by atoms with Gasteiger partial charge in [-0.25, -0.2) is 4.79 Å². The fraction of sp³-hybridized carbons (Fsp3) is 0.533. The molecule has 2 saturated heterocycles. The number of rotatable bonds is 6. The molecule has 0 radical (unpaired) electrons. The Balaban J connectivity index is 1.53. The number of hydrogen-bond acceptors (Lipinski definition) is 5. The number of nitrogens with two attached hydrogens (primary N) is 1. The first-order valence-corrected chi connectivity index (χ1v) is 14.1. The van der Waals surface area contributed by atoms with Gasteiger partial charge in [-0.1, -0.05) is 55.3 Å². The largest absolute Gasteiger partial charge is 0.447 e. The average Bonchev–Trinajstić information content (AvgIpc) is 3.33. The van der Waals surface area contributed by atoms with Crippen LogP contribution in [-0.4, -0.2) is 66.7 Å². The van der Waals surface area contributed by atoms with E-state index in [1.165, 1.54) is 5.56 Å². The van der Waals surface area contributed by atoms with Gasteiger partial charge in [0.2, 0.25) is 5.91 Å². The molecule has 2 amide bonds. The SMILES string of the molecule is Cc1ccc(N2CCN(C(=O)[C@H]3[C@@H](c4ccc(Cl)cc4)CCN3C(=O)OC(C)C)CC2)c([C@@H](N)C(C)C)c1. The molecular weight excluding hydrogens is 500 g/mol. The molecule has 2 aromatic carbocycles. The molecule has 2 N–H and O–H groups in total. The predicted octanol–water partition coefficient (Wildman–Crippen LogP) is 5.36. The second-order valence-electron chi connectivity index (χ2n) is 11.2. The van der Waals surface area contributed by atoms with Crippen molar-refractivity contribution in [2.45, 2.75) is 65.1 Å². The van der Waals surface area contributed by atoms with Crippen molar-refractivity contribution >= 4 is 29.3 Å². The van der Waals surface area contributed by atoms with Crippen molar-refractivity contribution in [2.24, 2.45) is 11.7 Å². The molecule has 2 aliphatic heterocycles. The van der Waals surface area contributed by atoms with Crippen LogP contribution in [0, 0.1) is 12.8 Å². The van der Waals surface area contributed by atoms with Crippen molar-refractivity contribution in [3.05, 3.63) is 64.2 Å². The van der Waals surface area contributed by atoms with Crippen molar-refractivity contribution in [3.63, 3.8) is 0 Å². The molecule has 0 aliphatic carbocycles. The first-order valence-electron chi connectivity index (χ1n) is 13.7. The normalized spacial score (nSPS) is 20.8. The molecule has 206 valence electrons. The van der Waals surface area contributed by atoms with Crippen LogP contribution in [0.4, 0.5) is 10.5 Å². The van der Waals surface area contributed by atoms with Crippen LogP contribution in [0.2, 0.25) is 5.02 Å². The Labute approximate surface area is 231 Å². The lowest BCUT2D eigenvalue weighted by atomic mass is 9.90. The Morgan fingerprint density at radius 3 is 2.24 bits per heavy atom. The quantitative estimate of drug-likeness (QED) is 0.534. The Morgan fingerprint density at radius 2 is 1.63 bits per heavy atom. The maximum absolute atomic E-state index is 14.0. The van der Waals surface area contributed by atoms with E-state index in [0.717, 1.165) is 16.8 Å². The minimum Gasteiger partial charge on any atom is -0.447 e. The van der Waals surface area contributed by atoms with E-state index in [0.29, 0.717) is 50.1 Å².